The Kier molecular flexibility index (Phi) is 1.55. The molecule has 0 radical (unpaired) electrons. The normalized spacial score (nSPS) is 27.4. The molecule has 0 saturated heterocycles. The Morgan fingerprint density at radius 1 is 1.29 bits per heavy atom. The Bertz CT molecular complexity index is 382. The van der Waals surface area contributed by atoms with Crippen molar-refractivity contribution >= 4 is 0 Å². The molecule has 0 aromatic heterocycles. The number of hydrogen-bond donors (Lipinski definition) is 1. The van der Waals surface area contributed by atoms with Crippen LogP contribution in [-0.4, -0.2) is 0 Å². The highest BCUT2D eigenvalue weighted by atomic mass is 19.1. The van der Waals surface area contributed by atoms with E-state index in [2.05, 4.69) is 0 Å². The molecular weight excluding hydrogens is 177 g/mol. The molecule has 1 nitrogen and oxygen atoms in total. The van der Waals surface area contributed by atoms with Gasteiger partial charge in [0.1, 0.15) is 5.82 Å². The van der Waals surface area contributed by atoms with Gasteiger partial charge >= 0.3 is 0 Å². The first-order chi connectivity index (χ1) is 6.71. The Balaban J connectivity index is 2.17. The average Bonchev–Trinajstić information content (AvgIpc) is 2.93. The molecule has 3 rings (SSSR count). The smallest absolute Gasteiger partial charge is 0.123 e. The van der Waals surface area contributed by atoms with E-state index in [0.717, 1.165) is 12.8 Å². The number of hydrogen-bond acceptors (Lipinski definition) is 1. The third-order valence-electron chi connectivity index (χ3n) is 3.77. The van der Waals surface area contributed by atoms with Gasteiger partial charge in [-0.15, -0.1) is 0 Å². The predicted molar refractivity (Wildman–Crippen MR) is 53.5 cm³/mol. The maximum absolute atomic E-state index is 13.2. The molecule has 2 aliphatic carbocycles. The first-order valence-corrected chi connectivity index (χ1v) is 5.27. The van der Waals surface area contributed by atoms with Gasteiger partial charge in [-0.2, -0.15) is 0 Å². The van der Waals surface area contributed by atoms with E-state index in [1.54, 1.807) is 6.07 Å². The Morgan fingerprint density at radius 3 is 2.79 bits per heavy atom. The lowest BCUT2D eigenvalue weighted by Gasteiger charge is -2.29. The number of fused-ring (bicyclic) bond motifs is 2. The SMILES string of the molecule is NC1CCC2(CC2)c2cc(F)ccc21. The summed E-state index contributed by atoms with van der Waals surface area (Å²) in [6, 6.07) is 5.22. The summed E-state index contributed by atoms with van der Waals surface area (Å²) in [7, 11) is 0. The Morgan fingerprint density at radius 2 is 2.07 bits per heavy atom. The fraction of sp³-hybridized carbons (Fsp3) is 0.500. The summed E-state index contributed by atoms with van der Waals surface area (Å²) in [5, 5.41) is 0. The lowest BCUT2D eigenvalue weighted by Crippen LogP contribution is -2.24. The van der Waals surface area contributed by atoms with Crippen molar-refractivity contribution in [1.82, 2.24) is 0 Å². The maximum atomic E-state index is 13.2. The molecule has 14 heavy (non-hydrogen) atoms. The Hall–Kier alpha value is -0.890. The van der Waals surface area contributed by atoms with Crippen molar-refractivity contribution in [1.29, 1.82) is 0 Å². The van der Waals surface area contributed by atoms with Crippen molar-refractivity contribution in [2.75, 3.05) is 0 Å². The van der Waals surface area contributed by atoms with Crippen molar-refractivity contribution in [2.24, 2.45) is 5.73 Å². The van der Waals surface area contributed by atoms with Crippen LogP contribution in [-0.2, 0) is 5.41 Å². The molecule has 0 heterocycles. The van der Waals surface area contributed by atoms with Gasteiger partial charge in [-0.3, -0.25) is 0 Å². The van der Waals surface area contributed by atoms with Gasteiger partial charge in [0.05, 0.1) is 0 Å². The van der Waals surface area contributed by atoms with Crippen LogP contribution in [0.4, 0.5) is 4.39 Å². The second kappa shape index (κ2) is 2.57. The highest BCUT2D eigenvalue weighted by molar-refractivity contribution is 5.42. The molecule has 2 aliphatic rings. The average molecular weight is 191 g/mol. The van der Waals surface area contributed by atoms with Crippen molar-refractivity contribution in [3.05, 3.63) is 35.1 Å². The van der Waals surface area contributed by atoms with Crippen LogP contribution in [0.2, 0.25) is 0 Å². The van der Waals surface area contributed by atoms with Crippen molar-refractivity contribution < 1.29 is 4.39 Å². The molecule has 1 atom stereocenters. The molecule has 1 spiro atoms. The van der Waals surface area contributed by atoms with Crippen LogP contribution in [0.15, 0.2) is 18.2 Å². The van der Waals surface area contributed by atoms with Crippen LogP contribution in [0.5, 0.6) is 0 Å². The minimum Gasteiger partial charge on any atom is -0.324 e. The zero-order valence-corrected chi connectivity index (χ0v) is 8.09. The largest absolute Gasteiger partial charge is 0.324 e. The van der Waals surface area contributed by atoms with Gasteiger partial charge in [0.15, 0.2) is 0 Å². The summed E-state index contributed by atoms with van der Waals surface area (Å²) in [5.41, 5.74) is 8.70. The number of rotatable bonds is 0. The van der Waals surface area contributed by atoms with Crippen molar-refractivity contribution in [3.8, 4) is 0 Å². The van der Waals surface area contributed by atoms with Crippen LogP contribution < -0.4 is 5.73 Å². The second-order valence-corrected chi connectivity index (χ2v) is 4.66. The van der Waals surface area contributed by atoms with E-state index in [1.165, 1.54) is 30.0 Å². The van der Waals surface area contributed by atoms with Crippen LogP contribution in [0, 0.1) is 5.82 Å². The van der Waals surface area contributed by atoms with E-state index in [0.29, 0.717) is 5.41 Å². The molecule has 1 saturated carbocycles. The molecular formula is C12H14FN. The molecule has 1 aromatic rings. The van der Waals surface area contributed by atoms with Crippen LogP contribution in [0.25, 0.3) is 0 Å². The fourth-order valence-electron chi connectivity index (χ4n) is 2.70. The third kappa shape index (κ3) is 1.04. The minimum absolute atomic E-state index is 0.121. The number of halogens is 1. The zero-order valence-electron chi connectivity index (χ0n) is 8.09. The monoisotopic (exact) mass is 191 g/mol. The predicted octanol–water partition coefficient (Wildman–Crippen LogP) is 2.65. The van der Waals surface area contributed by atoms with Gasteiger partial charge in [0, 0.05) is 6.04 Å². The van der Waals surface area contributed by atoms with Crippen LogP contribution in [0.3, 0.4) is 0 Å². The van der Waals surface area contributed by atoms with E-state index >= 15 is 0 Å². The quantitative estimate of drug-likeness (QED) is 0.670. The van der Waals surface area contributed by atoms with Gasteiger partial charge < -0.3 is 5.73 Å². The Labute approximate surface area is 83.1 Å². The fourth-order valence-corrected chi connectivity index (χ4v) is 2.70. The molecule has 74 valence electrons. The maximum Gasteiger partial charge on any atom is 0.123 e. The summed E-state index contributed by atoms with van der Waals surface area (Å²) < 4.78 is 13.2. The molecule has 0 bridgehead atoms. The van der Waals surface area contributed by atoms with Crippen LogP contribution in [0.1, 0.15) is 42.9 Å². The van der Waals surface area contributed by atoms with Crippen molar-refractivity contribution in [2.45, 2.75) is 37.1 Å². The number of benzene rings is 1. The van der Waals surface area contributed by atoms with Gasteiger partial charge in [-0.25, -0.2) is 4.39 Å². The summed E-state index contributed by atoms with van der Waals surface area (Å²) in [4.78, 5) is 0. The first kappa shape index (κ1) is 8.42. The van der Waals surface area contributed by atoms with Gasteiger partial charge in [0.25, 0.3) is 0 Å². The molecule has 2 heteroatoms. The molecule has 1 unspecified atom stereocenters. The highest BCUT2D eigenvalue weighted by Crippen LogP contribution is 2.56. The molecule has 1 fully saturated rings. The topological polar surface area (TPSA) is 26.0 Å². The first-order valence-electron chi connectivity index (χ1n) is 5.27. The molecule has 0 amide bonds. The molecule has 2 N–H and O–H groups in total. The summed E-state index contributed by atoms with van der Waals surface area (Å²) in [5.74, 6) is -0.121. The summed E-state index contributed by atoms with van der Waals surface area (Å²) in [6.45, 7) is 0. The number of nitrogens with two attached hydrogens (primary N) is 1. The zero-order chi connectivity index (χ0) is 9.76. The standard InChI is InChI=1S/C12H14FN/c13-8-1-2-9-10(7-8)12(5-6-12)4-3-11(9)14/h1-2,7,11H,3-6,14H2. The van der Waals surface area contributed by atoms with Gasteiger partial charge in [-0.05, 0) is 54.4 Å². The highest BCUT2D eigenvalue weighted by Gasteiger charge is 2.48. The van der Waals surface area contributed by atoms with Gasteiger partial charge in [-0.1, -0.05) is 6.07 Å². The van der Waals surface area contributed by atoms with Crippen LogP contribution >= 0.6 is 0 Å². The lowest BCUT2D eigenvalue weighted by molar-refractivity contribution is 0.474. The lowest BCUT2D eigenvalue weighted by atomic mass is 9.78. The summed E-state index contributed by atoms with van der Waals surface area (Å²) in [6.07, 6.45) is 4.63. The van der Waals surface area contributed by atoms with E-state index in [9.17, 15) is 4.39 Å². The van der Waals surface area contributed by atoms with Crippen molar-refractivity contribution in [3.63, 3.8) is 0 Å². The van der Waals surface area contributed by atoms with E-state index in [1.807, 2.05) is 6.07 Å². The van der Waals surface area contributed by atoms with E-state index < -0.39 is 0 Å². The van der Waals surface area contributed by atoms with E-state index in [4.69, 9.17) is 5.73 Å². The third-order valence-corrected chi connectivity index (χ3v) is 3.77. The molecule has 1 aromatic carbocycles. The molecule has 0 aliphatic heterocycles. The second-order valence-electron chi connectivity index (χ2n) is 4.66. The van der Waals surface area contributed by atoms with E-state index in [-0.39, 0.29) is 11.9 Å². The van der Waals surface area contributed by atoms with Gasteiger partial charge in [0.2, 0.25) is 0 Å². The minimum atomic E-state index is -0.121. The summed E-state index contributed by atoms with van der Waals surface area (Å²) >= 11 is 0.